The molecule has 3 rings (SSSR count). The molecular weight excluding hydrogens is 434 g/mol. The van der Waals surface area contributed by atoms with Crippen LogP contribution in [0.25, 0.3) is 11.1 Å². The summed E-state index contributed by atoms with van der Waals surface area (Å²) in [4.78, 5) is 12.3. The number of benzene rings is 3. The van der Waals surface area contributed by atoms with E-state index >= 15 is 0 Å². The predicted molar refractivity (Wildman–Crippen MR) is 110 cm³/mol. The molecule has 0 radical (unpaired) electrons. The molecule has 0 aromatic heterocycles. The second-order valence-corrected chi connectivity index (χ2v) is 7.14. The van der Waals surface area contributed by atoms with Gasteiger partial charge in [0.05, 0.1) is 6.04 Å². The highest BCUT2D eigenvalue weighted by atomic mass is 35.5. The van der Waals surface area contributed by atoms with Crippen LogP contribution in [0.3, 0.4) is 0 Å². The second kappa shape index (κ2) is 9.39. The lowest BCUT2D eigenvalue weighted by molar-refractivity contribution is -0.158. The molecule has 0 saturated carbocycles. The molecule has 0 aliphatic carbocycles. The lowest BCUT2D eigenvalue weighted by Gasteiger charge is -2.18. The van der Waals surface area contributed by atoms with Gasteiger partial charge in [0, 0.05) is 12.8 Å². The number of alkyl halides is 3. The zero-order valence-corrected chi connectivity index (χ0v) is 17.1. The van der Waals surface area contributed by atoms with Gasteiger partial charge in [0.1, 0.15) is 22.9 Å². The fourth-order valence-corrected chi connectivity index (χ4v) is 3.24. The van der Waals surface area contributed by atoms with E-state index in [4.69, 9.17) is 11.6 Å². The number of rotatable bonds is 7. The van der Waals surface area contributed by atoms with Crippen LogP contribution in [0.5, 0.6) is 5.75 Å². The van der Waals surface area contributed by atoms with Crippen LogP contribution in [0.1, 0.15) is 28.9 Å². The van der Waals surface area contributed by atoms with E-state index in [0.29, 0.717) is 12.5 Å². The molecule has 0 saturated heterocycles. The third kappa shape index (κ3) is 5.76. The first-order valence-corrected chi connectivity index (χ1v) is 9.79. The Morgan fingerprint density at radius 2 is 1.48 bits per heavy atom. The Morgan fingerprint density at radius 3 is 1.97 bits per heavy atom. The third-order valence-corrected chi connectivity index (χ3v) is 4.76. The molecule has 0 spiro atoms. The van der Waals surface area contributed by atoms with Crippen molar-refractivity contribution >= 4 is 17.5 Å². The SMILES string of the molecule is CC(F)(F)Oc1ccc(-c2ccc(C(CCl)NC(=O)c3c(F)cccc3F)cc2)cc1. The van der Waals surface area contributed by atoms with E-state index in [1.165, 1.54) is 18.2 Å². The number of carbonyl (C=O) groups is 1. The van der Waals surface area contributed by atoms with E-state index in [9.17, 15) is 22.4 Å². The van der Waals surface area contributed by atoms with Gasteiger partial charge < -0.3 is 10.1 Å². The molecule has 1 amide bonds. The van der Waals surface area contributed by atoms with Crippen LogP contribution < -0.4 is 10.1 Å². The third-order valence-electron chi connectivity index (χ3n) is 4.45. The zero-order chi connectivity index (χ0) is 22.6. The van der Waals surface area contributed by atoms with Crippen LogP contribution in [0.4, 0.5) is 17.6 Å². The summed E-state index contributed by atoms with van der Waals surface area (Å²) in [6.07, 6.45) is -3.27. The highest BCUT2D eigenvalue weighted by Crippen LogP contribution is 2.27. The molecule has 162 valence electrons. The highest BCUT2D eigenvalue weighted by Gasteiger charge is 2.23. The maximum absolute atomic E-state index is 13.8. The first-order chi connectivity index (χ1) is 14.7. The molecule has 31 heavy (non-hydrogen) atoms. The monoisotopic (exact) mass is 451 g/mol. The first kappa shape index (κ1) is 22.6. The molecule has 0 aliphatic heterocycles. The maximum Gasteiger partial charge on any atom is 0.394 e. The Hall–Kier alpha value is -3.06. The molecule has 0 bridgehead atoms. The fourth-order valence-electron chi connectivity index (χ4n) is 2.99. The van der Waals surface area contributed by atoms with Gasteiger partial charge in [0.15, 0.2) is 0 Å². The Balaban J connectivity index is 1.74. The summed E-state index contributed by atoms with van der Waals surface area (Å²) in [7, 11) is 0. The van der Waals surface area contributed by atoms with Gasteiger partial charge in [-0.15, -0.1) is 11.6 Å². The minimum absolute atomic E-state index is 0.0155. The number of hydrogen-bond donors (Lipinski definition) is 1. The van der Waals surface area contributed by atoms with Gasteiger partial charge in [-0.3, -0.25) is 4.79 Å². The summed E-state index contributed by atoms with van der Waals surface area (Å²) in [6, 6.07) is 15.6. The molecule has 3 aromatic carbocycles. The molecule has 1 atom stereocenters. The molecule has 0 aliphatic rings. The normalized spacial score (nSPS) is 12.3. The minimum atomic E-state index is -3.27. The quantitative estimate of drug-likeness (QED) is 0.336. The minimum Gasteiger partial charge on any atom is -0.433 e. The number of ether oxygens (including phenoxy) is 1. The molecule has 3 aromatic rings. The zero-order valence-electron chi connectivity index (χ0n) is 16.3. The van der Waals surface area contributed by atoms with Crippen LogP contribution in [0.2, 0.25) is 0 Å². The van der Waals surface area contributed by atoms with E-state index in [2.05, 4.69) is 10.1 Å². The lowest BCUT2D eigenvalue weighted by atomic mass is 10.0. The molecular formula is C23H18ClF4NO2. The number of amides is 1. The van der Waals surface area contributed by atoms with Crippen molar-refractivity contribution in [2.24, 2.45) is 0 Å². The van der Waals surface area contributed by atoms with Crippen molar-refractivity contribution in [3.05, 3.63) is 89.5 Å². The van der Waals surface area contributed by atoms with Crippen LogP contribution in [-0.2, 0) is 0 Å². The summed E-state index contributed by atoms with van der Waals surface area (Å²) in [5.41, 5.74) is 1.51. The maximum atomic E-state index is 13.8. The fraction of sp³-hybridized carbons (Fsp3) is 0.174. The highest BCUT2D eigenvalue weighted by molar-refractivity contribution is 6.18. The Bertz CT molecular complexity index is 1030. The Morgan fingerprint density at radius 1 is 0.968 bits per heavy atom. The van der Waals surface area contributed by atoms with Gasteiger partial charge in [-0.2, -0.15) is 8.78 Å². The number of carbonyl (C=O) groups excluding carboxylic acids is 1. The molecule has 0 heterocycles. The van der Waals surface area contributed by atoms with Crippen molar-refractivity contribution < 1.29 is 27.1 Å². The lowest BCUT2D eigenvalue weighted by Crippen LogP contribution is -2.31. The van der Waals surface area contributed by atoms with Gasteiger partial charge in [0.25, 0.3) is 5.91 Å². The molecule has 3 nitrogen and oxygen atoms in total. The number of nitrogens with one attached hydrogen (secondary N) is 1. The van der Waals surface area contributed by atoms with E-state index in [1.54, 1.807) is 36.4 Å². The molecule has 1 N–H and O–H groups in total. The van der Waals surface area contributed by atoms with E-state index in [1.807, 2.05) is 0 Å². The summed E-state index contributed by atoms with van der Waals surface area (Å²) in [6.45, 7) is 0.659. The number of hydrogen-bond acceptors (Lipinski definition) is 2. The average molecular weight is 452 g/mol. The van der Waals surface area contributed by atoms with Gasteiger partial charge in [-0.1, -0.05) is 42.5 Å². The van der Waals surface area contributed by atoms with Gasteiger partial charge >= 0.3 is 6.11 Å². The summed E-state index contributed by atoms with van der Waals surface area (Å²) in [5.74, 6) is -2.81. The van der Waals surface area contributed by atoms with Crippen molar-refractivity contribution in [3.63, 3.8) is 0 Å². The Labute approximate surface area is 181 Å². The first-order valence-electron chi connectivity index (χ1n) is 9.26. The van der Waals surface area contributed by atoms with E-state index < -0.39 is 35.3 Å². The van der Waals surface area contributed by atoms with Crippen molar-refractivity contribution in [2.45, 2.75) is 19.1 Å². The summed E-state index contributed by atoms with van der Waals surface area (Å²) in [5, 5.41) is 2.53. The van der Waals surface area contributed by atoms with Crippen molar-refractivity contribution in [1.29, 1.82) is 0 Å². The van der Waals surface area contributed by atoms with Crippen molar-refractivity contribution in [2.75, 3.05) is 5.88 Å². The van der Waals surface area contributed by atoms with Gasteiger partial charge in [0.2, 0.25) is 0 Å². The predicted octanol–water partition coefficient (Wildman–Crippen LogP) is 6.33. The average Bonchev–Trinajstić information content (AvgIpc) is 2.71. The van der Waals surface area contributed by atoms with Gasteiger partial charge in [-0.05, 0) is 41.0 Å². The van der Waals surface area contributed by atoms with Crippen LogP contribution in [0, 0.1) is 11.6 Å². The van der Waals surface area contributed by atoms with Crippen LogP contribution in [-0.4, -0.2) is 17.9 Å². The van der Waals surface area contributed by atoms with E-state index in [0.717, 1.165) is 23.3 Å². The molecule has 1 unspecified atom stereocenters. The summed E-state index contributed by atoms with van der Waals surface area (Å²) >= 11 is 5.96. The van der Waals surface area contributed by atoms with Crippen LogP contribution >= 0.6 is 11.6 Å². The van der Waals surface area contributed by atoms with Crippen molar-refractivity contribution in [3.8, 4) is 16.9 Å². The molecule has 0 fully saturated rings. The van der Waals surface area contributed by atoms with Crippen molar-refractivity contribution in [1.82, 2.24) is 5.32 Å². The number of halogens is 5. The van der Waals surface area contributed by atoms with E-state index in [-0.39, 0.29) is 11.6 Å². The molecule has 8 heteroatoms. The second-order valence-electron chi connectivity index (χ2n) is 6.83. The smallest absolute Gasteiger partial charge is 0.394 e. The Kier molecular flexibility index (Phi) is 6.85. The van der Waals surface area contributed by atoms with Gasteiger partial charge in [-0.25, -0.2) is 8.78 Å². The van der Waals surface area contributed by atoms with Crippen LogP contribution in [0.15, 0.2) is 66.7 Å². The standard InChI is InChI=1S/C23H18ClF4NO2/c1-23(27,28)31-17-11-9-15(10-12-17)14-5-7-16(8-6-14)20(13-24)29-22(30)21-18(25)3-2-4-19(21)26/h2-12,20H,13H2,1H3,(H,29,30). The topological polar surface area (TPSA) is 38.3 Å². The summed E-state index contributed by atoms with van der Waals surface area (Å²) < 4.78 is 58.0. The largest absolute Gasteiger partial charge is 0.433 e.